The minimum absolute atomic E-state index is 0.250. The van der Waals surface area contributed by atoms with Crippen LogP contribution in [0.25, 0.3) is 0 Å². The molecule has 2 aromatic rings. The van der Waals surface area contributed by atoms with E-state index in [0.29, 0.717) is 24.4 Å². The molecule has 0 bridgehead atoms. The lowest BCUT2D eigenvalue weighted by atomic mass is 10.0. The lowest BCUT2D eigenvalue weighted by Crippen LogP contribution is -2.31. The second-order valence-electron chi connectivity index (χ2n) is 9.38. The Morgan fingerprint density at radius 2 is 0.824 bits per heavy atom. The summed E-state index contributed by atoms with van der Waals surface area (Å²) >= 11 is 0. The normalized spacial score (nSPS) is 25.7. The Hall–Kier alpha value is -2.20. The minimum Gasteiger partial charge on any atom is -0.371 e. The van der Waals surface area contributed by atoms with E-state index in [1.165, 1.54) is 22.5 Å². The largest absolute Gasteiger partial charge is 0.371 e. The maximum atomic E-state index is 5.44. The van der Waals surface area contributed by atoms with Crippen molar-refractivity contribution in [2.75, 3.05) is 69.1 Å². The second-order valence-corrected chi connectivity index (χ2v) is 9.38. The maximum Gasteiger partial charge on any atom is 0.0984 e. The van der Waals surface area contributed by atoms with Gasteiger partial charge in [0, 0.05) is 44.2 Å². The molecule has 0 saturated carbocycles. The fourth-order valence-electron chi connectivity index (χ4n) is 4.13. The van der Waals surface area contributed by atoms with Gasteiger partial charge in [-0.25, -0.2) is 0 Å². The average molecular weight is 469 g/mol. The van der Waals surface area contributed by atoms with Gasteiger partial charge in [-0.2, -0.15) is 0 Å². The molecule has 6 rings (SSSR count). The Labute approximate surface area is 201 Å². The number of nitrogens with zero attached hydrogens (tertiary/aromatic N) is 2. The predicted octanol–water partition coefficient (Wildman–Crippen LogP) is 1.35. The van der Waals surface area contributed by atoms with Crippen LogP contribution in [-0.4, -0.2) is 83.7 Å². The highest BCUT2D eigenvalue weighted by Gasteiger charge is 2.32. The predicted molar refractivity (Wildman–Crippen MR) is 132 cm³/mol. The number of nitrogens with two attached hydrogens (primary N) is 2. The highest BCUT2D eigenvalue weighted by Crippen LogP contribution is 2.25. The van der Waals surface area contributed by atoms with Crippen molar-refractivity contribution in [1.29, 1.82) is 0 Å². The van der Waals surface area contributed by atoms with Crippen molar-refractivity contribution in [1.82, 2.24) is 0 Å². The molecule has 4 N–H and O–H groups in total. The smallest absolute Gasteiger partial charge is 0.0984 e. The van der Waals surface area contributed by atoms with Crippen LogP contribution in [-0.2, 0) is 25.4 Å². The van der Waals surface area contributed by atoms with Gasteiger partial charge in [-0.1, -0.05) is 24.3 Å². The van der Waals surface area contributed by atoms with Crippen molar-refractivity contribution in [2.24, 2.45) is 11.5 Å². The number of epoxide rings is 4. The Kier molecular flexibility index (Phi) is 7.63. The molecule has 4 aliphatic heterocycles. The van der Waals surface area contributed by atoms with Crippen molar-refractivity contribution >= 4 is 11.4 Å². The summed E-state index contributed by atoms with van der Waals surface area (Å²) in [6, 6.07) is 17.9. The van der Waals surface area contributed by atoms with Crippen LogP contribution in [0.4, 0.5) is 11.4 Å². The molecular formula is C26H36N4O4. The summed E-state index contributed by atoms with van der Waals surface area (Å²) in [6.07, 6.45) is 2.48. The zero-order valence-corrected chi connectivity index (χ0v) is 19.7. The molecule has 8 nitrogen and oxygen atoms in total. The van der Waals surface area contributed by atoms with Crippen molar-refractivity contribution in [3.05, 3.63) is 59.7 Å². The monoisotopic (exact) mass is 468 g/mol. The summed E-state index contributed by atoms with van der Waals surface area (Å²) in [6.45, 7) is 7.60. The van der Waals surface area contributed by atoms with Gasteiger partial charge in [-0.15, -0.1) is 0 Å². The summed E-state index contributed by atoms with van der Waals surface area (Å²) in [5.74, 6) is 0. The molecule has 4 saturated heterocycles. The third-order valence-corrected chi connectivity index (χ3v) is 6.32. The summed E-state index contributed by atoms with van der Waals surface area (Å²) in [5, 5.41) is 0. The Morgan fingerprint density at radius 3 is 1.06 bits per heavy atom. The first-order valence-electron chi connectivity index (χ1n) is 12.2. The van der Waals surface area contributed by atoms with Crippen LogP contribution < -0.4 is 21.3 Å². The minimum atomic E-state index is 0.250. The topological polar surface area (TPSA) is 109 Å². The van der Waals surface area contributed by atoms with E-state index in [1.807, 2.05) is 0 Å². The molecule has 4 unspecified atom stereocenters. The fourth-order valence-corrected chi connectivity index (χ4v) is 4.13. The Morgan fingerprint density at radius 1 is 0.559 bits per heavy atom. The third kappa shape index (κ3) is 7.40. The van der Waals surface area contributed by atoms with Gasteiger partial charge in [0.05, 0.1) is 50.8 Å². The SMILES string of the molecule is NCN.c1cc(N(CC2CO2)CC2CO2)ccc1Cc1ccc(N(CC2CO2)CC2CO2)cc1. The van der Waals surface area contributed by atoms with E-state index in [1.54, 1.807) is 0 Å². The molecular weight excluding hydrogens is 432 g/mol. The first-order chi connectivity index (χ1) is 16.7. The van der Waals surface area contributed by atoms with E-state index >= 15 is 0 Å². The molecule has 4 heterocycles. The first kappa shape index (κ1) is 23.5. The number of anilines is 2. The zero-order chi connectivity index (χ0) is 23.3. The molecule has 0 aromatic heterocycles. The van der Waals surface area contributed by atoms with Crippen molar-refractivity contribution in [3.63, 3.8) is 0 Å². The van der Waals surface area contributed by atoms with E-state index in [9.17, 15) is 0 Å². The molecule has 0 radical (unpaired) electrons. The van der Waals surface area contributed by atoms with Gasteiger partial charge >= 0.3 is 0 Å². The fraction of sp³-hybridized carbons (Fsp3) is 0.538. The van der Waals surface area contributed by atoms with Crippen LogP contribution in [0.15, 0.2) is 48.5 Å². The summed E-state index contributed by atoms with van der Waals surface area (Å²) < 4.78 is 21.8. The summed E-state index contributed by atoms with van der Waals surface area (Å²) in [4.78, 5) is 4.80. The highest BCUT2D eigenvalue weighted by atomic mass is 16.6. The van der Waals surface area contributed by atoms with Crippen LogP contribution in [0, 0.1) is 0 Å². The first-order valence-corrected chi connectivity index (χ1v) is 12.2. The number of ether oxygens (including phenoxy) is 4. The number of rotatable bonds is 12. The molecule has 0 spiro atoms. The highest BCUT2D eigenvalue weighted by molar-refractivity contribution is 5.51. The zero-order valence-electron chi connectivity index (χ0n) is 19.7. The van der Waals surface area contributed by atoms with Crippen molar-refractivity contribution in [3.8, 4) is 0 Å². The maximum absolute atomic E-state index is 5.44. The van der Waals surface area contributed by atoms with Gasteiger partial charge < -0.3 is 40.2 Å². The summed E-state index contributed by atoms with van der Waals surface area (Å²) in [7, 11) is 0. The molecule has 0 amide bonds. The third-order valence-electron chi connectivity index (χ3n) is 6.32. The quantitative estimate of drug-likeness (QED) is 0.355. The van der Waals surface area contributed by atoms with Gasteiger partial charge in [0.25, 0.3) is 0 Å². The molecule has 4 atom stereocenters. The molecule has 2 aromatic carbocycles. The van der Waals surface area contributed by atoms with Gasteiger partial charge in [0.1, 0.15) is 0 Å². The lowest BCUT2D eigenvalue weighted by molar-refractivity contribution is 0.388. The molecule has 0 aliphatic carbocycles. The van der Waals surface area contributed by atoms with E-state index in [4.69, 9.17) is 18.9 Å². The van der Waals surface area contributed by atoms with E-state index in [2.05, 4.69) is 69.8 Å². The van der Waals surface area contributed by atoms with Crippen LogP contribution in [0.5, 0.6) is 0 Å². The van der Waals surface area contributed by atoms with Gasteiger partial charge in [0.2, 0.25) is 0 Å². The van der Waals surface area contributed by atoms with Crippen LogP contribution >= 0.6 is 0 Å². The van der Waals surface area contributed by atoms with E-state index in [-0.39, 0.29) is 6.67 Å². The molecule has 34 heavy (non-hydrogen) atoms. The molecule has 184 valence electrons. The lowest BCUT2D eigenvalue weighted by Gasteiger charge is -2.24. The Bertz CT molecular complexity index is 793. The molecule has 4 fully saturated rings. The van der Waals surface area contributed by atoms with Gasteiger partial charge in [0.15, 0.2) is 0 Å². The average Bonchev–Trinajstić information content (AvgIpc) is 3.67. The number of hydrogen-bond donors (Lipinski definition) is 2. The van der Waals surface area contributed by atoms with Crippen LogP contribution in [0.1, 0.15) is 11.1 Å². The number of hydrogen-bond acceptors (Lipinski definition) is 8. The Balaban J connectivity index is 0.000000764. The van der Waals surface area contributed by atoms with Crippen LogP contribution in [0.2, 0.25) is 0 Å². The second kappa shape index (κ2) is 11.0. The van der Waals surface area contributed by atoms with Crippen molar-refractivity contribution in [2.45, 2.75) is 30.8 Å². The van der Waals surface area contributed by atoms with Crippen LogP contribution in [0.3, 0.4) is 0 Å². The van der Waals surface area contributed by atoms with Gasteiger partial charge in [-0.3, -0.25) is 0 Å². The standard InChI is InChI=1S/C25H30N2O4.CH6N2/c1-5-20(26(10-22-14-28-22)11-23-15-29-23)6-2-18(1)9-19-3-7-21(8-4-19)27(12-24-16-30-24)13-25-17-31-25;2-1-3/h1-8,22-25H,9-17H2;1-3H2. The van der Waals surface area contributed by atoms with E-state index < -0.39 is 0 Å². The molecule has 4 aliphatic rings. The van der Waals surface area contributed by atoms with Crippen molar-refractivity contribution < 1.29 is 18.9 Å². The number of benzene rings is 2. The molecule has 8 heteroatoms. The summed E-state index contributed by atoms with van der Waals surface area (Å²) in [5.41, 5.74) is 14.4. The van der Waals surface area contributed by atoms with Gasteiger partial charge in [-0.05, 0) is 41.8 Å². The van der Waals surface area contributed by atoms with E-state index in [0.717, 1.165) is 59.0 Å².